The number of furan rings is 1. The van der Waals surface area contributed by atoms with Gasteiger partial charge >= 0.3 is 12.1 Å². The van der Waals surface area contributed by atoms with Crippen LogP contribution in [-0.4, -0.2) is 16.1 Å². The number of nitrogens with zero attached hydrogens (tertiary/aromatic N) is 1. The minimum absolute atomic E-state index is 0.0725. The summed E-state index contributed by atoms with van der Waals surface area (Å²) in [6, 6.07) is 13.0. The zero-order valence-electron chi connectivity index (χ0n) is 17.2. The van der Waals surface area contributed by atoms with E-state index in [4.69, 9.17) is 20.0 Å². The fourth-order valence-electron chi connectivity index (χ4n) is 3.59. The van der Waals surface area contributed by atoms with Crippen LogP contribution in [0.25, 0.3) is 22.1 Å². The summed E-state index contributed by atoms with van der Waals surface area (Å²) in [6.07, 6.45) is -2.61. The van der Waals surface area contributed by atoms with E-state index in [1.165, 1.54) is 12.3 Å². The van der Waals surface area contributed by atoms with Gasteiger partial charge in [-0.3, -0.25) is 9.78 Å². The molecule has 0 unspecified atom stereocenters. The van der Waals surface area contributed by atoms with Gasteiger partial charge < -0.3 is 20.0 Å². The minimum Gasteiger partial charge on any atom is -0.489 e. The van der Waals surface area contributed by atoms with Gasteiger partial charge in [-0.1, -0.05) is 18.2 Å². The molecule has 33 heavy (non-hydrogen) atoms. The number of carboxylic acid groups (broad SMARTS) is 1. The van der Waals surface area contributed by atoms with E-state index in [2.05, 4.69) is 4.98 Å². The maximum atomic E-state index is 13.6. The molecule has 0 aliphatic heterocycles. The quantitative estimate of drug-likeness (QED) is 0.398. The van der Waals surface area contributed by atoms with Crippen LogP contribution in [0.5, 0.6) is 5.75 Å². The summed E-state index contributed by atoms with van der Waals surface area (Å²) in [5.74, 6) is -0.671. The van der Waals surface area contributed by atoms with E-state index in [9.17, 15) is 18.0 Å². The average Bonchev–Trinajstić information content (AvgIpc) is 3.22. The number of aromatic nitrogens is 1. The van der Waals surface area contributed by atoms with Crippen molar-refractivity contribution in [1.82, 2.24) is 4.98 Å². The molecule has 2 aromatic heterocycles. The molecule has 9 heteroatoms. The summed E-state index contributed by atoms with van der Waals surface area (Å²) in [7, 11) is 0. The average molecular weight is 456 g/mol. The van der Waals surface area contributed by atoms with Gasteiger partial charge in [-0.15, -0.1) is 0 Å². The highest BCUT2D eigenvalue weighted by atomic mass is 19.4. The first-order chi connectivity index (χ1) is 15.8. The van der Waals surface area contributed by atoms with Crippen LogP contribution in [0.2, 0.25) is 0 Å². The van der Waals surface area contributed by atoms with Gasteiger partial charge in [0.25, 0.3) is 0 Å². The largest absolute Gasteiger partial charge is 0.489 e. The summed E-state index contributed by atoms with van der Waals surface area (Å²) in [5, 5.41) is 9.00. The van der Waals surface area contributed by atoms with Crippen molar-refractivity contribution in [3.63, 3.8) is 0 Å². The molecule has 0 atom stereocenters. The number of carboxylic acids is 1. The van der Waals surface area contributed by atoms with Crippen LogP contribution in [0.15, 0.2) is 65.4 Å². The summed E-state index contributed by atoms with van der Waals surface area (Å²) in [4.78, 5) is 15.2. The number of alkyl halides is 3. The van der Waals surface area contributed by atoms with Crippen molar-refractivity contribution in [3.05, 3.63) is 83.4 Å². The third kappa shape index (κ3) is 4.83. The molecule has 2 aromatic carbocycles. The first-order valence-corrected chi connectivity index (χ1v) is 9.95. The number of halogens is 3. The Kier molecular flexibility index (Phi) is 6.06. The predicted molar refractivity (Wildman–Crippen MR) is 114 cm³/mol. The second-order valence-corrected chi connectivity index (χ2v) is 7.37. The number of fused-ring (bicyclic) bond motifs is 1. The summed E-state index contributed by atoms with van der Waals surface area (Å²) < 4.78 is 51.9. The van der Waals surface area contributed by atoms with Crippen LogP contribution in [0.1, 0.15) is 22.4 Å². The molecule has 0 spiro atoms. The van der Waals surface area contributed by atoms with Crippen LogP contribution in [0.3, 0.4) is 0 Å². The van der Waals surface area contributed by atoms with Crippen LogP contribution >= 0.6 is 0 Å². The van der Waals surface area contributed by atoms with Crippen molar-refractivity contribution < 1.29 is 32.2 Å². The number of ether oxygens (including phenoxy) is 1. The van der Waals surface area contributed by atoms with Gasteiger partial charge in [0.2, 0.25) is 0 Å². The number of benzene rings is 2. The summed E-state index contributed by atoms with van der Waals surface area (Å²) in [6.45, 7) is 0.100. The SMILES string of the molecule is NCc1cc(-c2cc(COc3ccccc3CC(=O)O)cc3c(C(F)(F)F)coc23)ccn1. The van der Waals surface area contributed by atoms with Crippen LogP contribution in [-0.2, 0) is 30.5 Å². The number of hydrogen-bond acceptors (Lipinski definition) is 5. The highest BCUT2D eigenvalue weighted by Crippen LogP contribution is 2.40. The molecular weight excluding hydrogens is 437 g/mol. The van der Waals surface area contributed by atoms with Crippen molar-refractivity contribution >= 4 is 16.9 Å². The Morgan fingerprint density at radius 2 is 1.94 bits per heavy atom. The summed E-state index contributed by atoms with van der Waals surface area (Å²) >= 11 is 0. The molecule has 2 heterocycles. The minimum atomic E-state index is -4.60. The fraction of sp³-hybridized carbons (Fsp3) is 0.167. The third-order valence-corrected chi connectivity index (χ3v) is 5.08. The van der Waals surface area contributed by atoms with E-state index >= 15 is 0 Å². The Labute approximate surface area is 186 Å². The normalized spacial score (nSPS) is 11.6. The van der Waals surface area contributed by atoms with Crippen molar-refractivity contribution in [1.29, 1.82) is 0 Å². The zero-order valence-corrected chi connectivity index (χ0v) is 17.2. The number of para-hydroxylation sites is 1. The topological polar surface area (TPSA) is 98.6 Å². The van der Waals surface area contributed by atoms with Crippen molar-refractivity contribution in [2.24, 2.45) is 5.73 Å². The Balaban J connectivity index is 1.78. The highest BCUT2D eigenvalue weighted by molar-refractivity contribution is 5.95. The molecule has 0 aliphatic carbocycles. The van der Waals surface area contributed by atoms with E-state index in [0.29, 0.717) is 40.0 Å². The standard InChI is InChI=1S/C24H19F3N2O4/c25-24(26,27)20-13-33-23-18(15-5-6-29-17(9-15)11-28)7-14(8-19(20)23)12-32-21-4-2-1-3-16(21)10-22(30)31/h1-9,13H,10-12,28H2,(H,30,31). The first-order valence-electron chi connectivity index (χ1n) is 9.95. The molecule has 4 aromatic rings. The Hall–Kier alpha value is -3.85. The lowest BCUT2D eigenvalue weighted by Crippen LogP contribution is -2.05. The number of nitrogens with two attached hydrogens (primary N) is 1. The van der Waals surface area contributed by atoms with Gasteiger partial charge in [0.05, 0.1) is 12.1 Å². The smallest absolute Gasteiger partial charge is 0.420 e. The molecule has 0 radical (unpaired) electrons. The number of hydrogen-bond donors (Lipinski definition) is 2. The maximum Gasteiger partial charge on any atom is 0.420 e. The van der Waals surface area contributed by atoms with Gasteiger partial charge in [0.1, 0.15) is 29.8 Å². The maximum absolute atomic E-state index is 13.6. The van der Waals surface area contributed by atoms with E-state index in [0.717, 1.165) is 0 Å². The molecular formula is C24H19F3N2O4. The molecule has 6 nitrogen and oxygen atoms in total. The van der Waals surface area contributed by atoms with E-state index < -0.39 is 17.7 Å². The number of carbonyl (C=O) groups is 1. The molecule has 0 amide bonds. The van der Waals surface area contributed by atoms with Crippen molar-refractivity contribution in [3.8, 4) is 16.9 Å². The predicted octanol–water partition coefficient (Wildman–Crippen LogP) is 5.18. The van der Waals surface area contributed by atoms with Crippen LogP contribution in [0.4, 0.5) is 13.2 Å². The molecule has 3 N–H and O–H groups in total. The lowest BCUT2D eigenvalue weighted by atomic mass is 9.99. The molecule has 0 saturated heterocycles. The molecule has 4 rings (SSSR count). The van der Waals surface area contributed by atoms with E-state index in [-0.39, 0.29) is 30.5 Å². The Morgan fingerprint density at radius 3 is 2.67 bits per heavy atom. The first kappa shape index (κ1) is 22.3. The van der Waals surface area contributed by atoms with Crippen molar-refractivity contribution in [2.75, 3.05) is 0 Å². The number of pyridine rings is 1. The number of rotatable bonds is 7. The lowest BCUT2D eigenvalue weighted by molar-refractivity contribution is -0.137. The van der Waals surface area contributed by atoms with Crippen LogP contribution in [0, 0.1) is 0 Å². The third-order valence-electron chi connectivity index (χ3n) is 5.08. The van der Waals surface area contributed by atoms with Crippen molar-refractivity contribution in [2.45, 2.75) is 25.7 Å². The Bertz CT molecular complexity index is 1310. The lowest BCUT2D eigenvalue weighted by Gasteiger charge is -2.13. The molecule has 170 valence electrons. The fourth-order valence-corrected chi connectivity index (χ4v) is 3.59. The highest BCUT2D eigenvalue weighted by Gasteiger charge is 2.35. The monoisotopic (exact) mass is 456 g/mol. The molecule has 0 saturated carbocycles. The number of aliphatic carboxylic acids is 1. The van der Waals surface area contributed by atoms with E-state index in [1.807, 2.05) is 0 Å². The zero-order chi connectivity index (χ0) is 23.6. The van der Waals surface area contributed by atoms with Crippen LogP contribution < -0.4 is 10.5 Å². The Morgan fingerprint density at radius 1 is 1.15 bits per heavy atom. The van der Waals surface area contributed by atoms with Gasteiger partial charge in [-0.25, -0.2) is 0 Å². The second-order valence-electron chi connectivity index (χ2n) is 7.37. The second kappa shape index (κ2) is 8.95. The van der Waals surface area contributed by atoms with E-state index in [1.54, 1.807) is 42.5 Å². The van der Waals surface area contributed by atoms with Gasteiger partial charge in [-0.2, -0.15) is 13.2 Å². The van der Waals surface area contributed by atoms with Gasteiger partial charge in [-0.05, 0) is 41.5 Å². The van der Waals surface area contributed by atoms with Gasteiger partial charge in [0.15, 0.2) is 0 Å². The molecule has 0 bridgehead atoms. The summed E-state index contributed by atoms with van der Waals surface area (Å²) in [5.41, 5.74) is 7.41. The molecule has 0 aliphatic rings. The molecule has 0 fully saturated rings. The van der Waals surface area contributed by atoms with Gasteiger partial charge in [0, 0.05) is 29.3 Å².